The molecule has 0 saturated heterocycles. The van der Waals surface area contributed by atoms with Crippen molar-refractivity contribution in [3.05, 3.63) is 45.8 Å². The number of aromatic nitrogens is 2. The van der Waals surface area contributed by atoms with E-state index in [0.29, 0.717) is 35.8 Å². The maximum atomic E-state index is 5.93. The van der Waals surface area contributed by atoms with Crippen molar-refractivity contribution < 1.29 is 9.47 Å². The highest BCUT2D eigenvalue weighted by Crippen LogP contribution is 2.24. The molecule has 0 aliphatic heterocycles. The zero-order valence-electron chi connectivity index (χ0n) is 10.3. The fourth-order valence-electron chi connectivity index (χ4n) is 1.40. The molecule has 0 unspecified atom stereocenters. The van der Waals surface area contributed by atoms with Gasteiger partial charge in [-0.25, -0.2) is 4.98 Å². The number of halogens is 2. The summed E-state index contributed by atoms with van der Waals surface area (Å²) in [6.45, 7) is 2.81. The summed E-state index contributed by atoms with van der Waals surface area (Å²) in [4.78, 5) is 8.31. The van der Waals surface area contributed by atoms with Crippen LogP contribution in [0.4, 0.5) is 0 Å². The first kappa shape index (κ1) is 14.2. The molecule has 0 bridgehead atoms. The van der Waals surface area contributed by atoms with Gasteiger partial charge in [0.15, 0.2) is 5.82 Å². The molecule has 100 valence electrons. The molecule has 1 heterocycles. The second-order valence-corrected chi connectivity index (χ2v) is 4.94. The number of nitrogens with zero attached hydrogens (tertiary/aromatic N) is 2. The van der Waals surface area contributed by atoms with Gasteiger partial charge in [-0.05, 0) is 25.1 Å². The van der Waals surface area contributed by atoms with E-state index < -0.39 is 0 Å². The molecule has 0 radical (unpaired) electrons. The van der Waals surface area contributed by atoms with Crippen molar-refractivity contribution in [2.24, 2.45) is 0 Å². The van der Waals surface area contributed by atoms with Crippen molar-refractivity contribution in [3.63, 3.8) is 0 Å². The summed E-state index contributed by atoms with van der Waals surface area (Å²) >= 11 is 9.31. The second kappa shape index (κ2) is 6.84. The molecule has 19 heavy (non-hydrogen) atoms. The minimum absolute atomic E-state index is 0.311. The Bertz CT molecular complexity index is 566. The van der Waals surface area contributed by atoms with Crippen molar-refractivity contribution in [3.8, 4) is 11.6 Å². The summed E-state index contributed by atoms with van der Waals surface area (Å²) in [7, 11) is 0. The zero-order valence-corrected chi connectivity index (χ0v) is 12.6. The van der Waals surface area contributed by atoms with Gasteiger partial charge in [0.1, 0.15) is 17.5 Å². The molecule has 2 aromatic rings. The summed E-state index contributed by atoms with van der Waals surface area (Å²) < 4.78 is 11.8. The van der Waals surface area contributed by atoms with Crippen LogP contribution < -0.4 is 4.74 Å². The van der Waals surface area contributed by atoms with E-state index in [-0.39, 0.29) is 0 Å². The number of rotatable bonds is 5. The minimum Gasteiger partial charge on any atom is -0.439 e. The average Bonchev–Trinajstić information content (AvgIpc) is 2.35. The molecule has 2 rings (SSSR count). The van der Waals surface area contributed by atoms with Crippen LogP contribution in [-0.4, -0.2) is 16.6 Å². The summed E-state index contributed by atoms with van der Waals surface area (Å²) in [5.41, 5.74) is 0. The maximum Gasteiger partial charge on any atom is 0.224 e. The van der Waals surface area contributed by atoms with E-state index >= 15 is 0 Å². The predicted octanol–water partition coefficient (Wildman–Crippen LogP) is 4.22. The van der Waals surface area contributed by atoms with Gasteiger partial charge in [-0.15, -0.1) is 0 Å². The Hall–Kier alpha value is -1.17. The third-order valence-corrected chi connectivity index (χ3v) is 2.86. The molecule has 0 saturated carbocycles. The van der Waals surface area contributed by atoms with E-state index in [9.17, 15) is 0 Å². The Balaban J connectivity index is 2.17. The lowest BCUT2D eigenvalue weighted by Crippen LogP contribution is -2.01. The fraction of sp³-hybridized carbons (Fsp3) is 0.231. The monoisotopic (exact) mass is 342 g/mol. The molecule has 1 aromatic heterocycles. The molecule has 0 spiro atoms. The van der Waals surface area contributed by atoms with Crippen molar-refractivity contribution in [1.29, 1.82) is 0 Å². The predicted molar refractivity (Wildman–Crippen MR) is 76.6 cm³/mol. The van der Waals surface area contributed by atoms with Crippen molar-refractivity contribution in [1.82, 2.24) is 9.97 Å². The van der Waals surface area contributed by atoms with Gasteiger partial charge in [0.2, 0.25) is 5.88 Å². The van der Waals surface area contributed by atoms with Crippen LogP contribution in [0.2, 0.25) is 5.15 Å². The molecular formula is C13H12BrClN2O2. The molecule has 0 amide bonds. The van der Waals surface area contributed by atoms with E-state index in [2.05, 4.69) is 25.9 Å². The highest BCUT2D eigenvalue weighted by molar-refractivity contribution is 9.10. The van der Waals surface area contributed by atoms with Gasteiger partial charge in [0.05, 0.1) is 0 Å². The fourth-order valence-corrected chi connectivity index (χ4v) is 1.97. The lowest BCUT2D eigenvalue weighted by atomic mass is 10.3. The summed E-state index contributed by atoms with van der Waals surface area (Å²) in [5, 5.41) is 0.328. The molecule has 0 N–H and O–H groups in total. The standard InChI is InChI=1S/C13H12BrClN2O2/c1-2-18-8-12-16-11(15)7-13(17-12)19-10-5-3-4-9(14)6-10/h3-7H,2,8H2,1H3. The number of hydrogen-bond donors (Lipinski definition) is 0. The van der Waals surface area contributed by atoms with E-state index in [4.69, 9.17) is 21.1 Å². The van der Waals surface area contributed by atoms with E-state index in [1.165, 1.54) is 0 Å². The Morgan fingerprint density at radius 1 is 1.26 bits per heavy atom. The van der Waals surface area contributed by atoms with Gasteiger partial charge in [-0.1, -0.05) is 33.6 Å². The average molecular weight is 344 g/mol. The molecule has 0 aliphatic carbocycles. The summed E-state index contributed by atoms with van der Waals surface area (Å²) in [6, 6.07) is 9.04. The van der Waals surface area contributed by atoms with Gasteiger partial charge in [0.25, 0.3) is 0 Å². The zero-order chi connectivity index (χ0) is 13.7. The van der Waals surface area contributed by atoms with Gasteiger partial charge in [-0.3, -0.25) is 0 Å². The number of benzene rings is 1. The normalized spacial score (nSPS) is 10.5. The molecule has 0 aliphatic rings. The van der Waals surface area contributed by atoms with Crippen molar-refractivity contribution >= 4 is 27.5 Å². The van der Waals surface area contributed by atoms with E-state index in [0.717, 1.165) is 4.47 Å². The lowest BCUT2D eigenvalue weighted by molar-refractivity contribution is 0.128. The van der Waals surface area contributed by atoms with Gasteiger partial charge < -0.3 is 9.47 Å². The molecular weight excluding hydrogens is 332 g/mol. The van der Waals surface area contributed by atoms with Crippen LogP contribution >= 0.6 is 27.5 Å². The first-order valence-corrected chi connectivity index (χ1v) is 6.89. The topological polar surface area (TPSA) is 44.2 Å². The molecule has 0 atom stereocenters. The third kappa shape index (κ3) is 4.45. The largest absolute Gasteiger partial charge is 0.439 e. The van der Waals surface area contributed by atoms with Gasteiger partial charge in [-0.2, -0.15) is 4.98 Å². The quantitative estimate of drug-likeness (QED) is 0.762. The molecule has 6 heteroatoms. The van der Waals surface area contributed by atoms with E-state index in [1.807, 2.05) is 31.2 Å². The Labute approximate surface area is 124 Å². The summed E-state index contributed by atoms with van der Waals surface area (Å²) in [6.07, 6.45) is 0. The first-order valence-electron chi connectivity index (χ1n) is 5.72. The highest BCUT2D eigenvalue weighted by Gasteiger charge is 2.06. The maximum absolute atomic E-state index is 5.93. The minimum atomic E-state index is 0.311. The molecule has 4 nitrogen and oxygen atoms in total. The molecule has 0 fully saturated rings. The van der Waals surface area contributed by atoms with E-state index in [1.54, 1.807) is 6.07 Å². The first-order chi connectivity index (χ1) is 9.17. The van der Waals surface area contributed by atoms with Gasteiger partial charge in [0, 0.05) is 17.1 Å². The number of hydrogen-bond acceptors (Lipinski definition) is 4. The van der Waals surface area contributed by atoms with Crippen LogP contribution in [0.15, 0.2) is 34.8 Å². The van der Waals surface area contributed by atoms with Crippen LogP contribution in [0, 0.1) is 0 Å². The van der Waals surface area contributed by atoms with Crippen LogP contribution in [0.5, 0.6) is 11.6 Å². The Kier molecular flexibility index (Phi) is 5.13. The van der Waals surface area contributed by atoms with Crippen LogP contribution in [-0.2, 0) is 11.3 Å². The molecule has 1 aromatic carbocycles. The smallest absolute Gasteiger partial charge is 0.224 e. The SMILES string of the molecule is CCOCc1nc(Cl)cc(Oc2cccc(Br)c2)n1. The summed E-state index contributed by atoms with van der Waals surface area (Å²) in [5.74, 6) is 1.57. The highest BCUT2D eigenvalue weighted by atomic mass is 79.9. The van der Waals surface area contributed by atoms with Crippen LogP contribution in [0.25, 0.3) is 0 Å². The van der Waals surface area contributed by atoms with Crippen LogP contribution in [0.1, 0.15) is 12.7 Å². The van der Waals surface area contributed by atoms with Crippen LogP contribution in [0.3, 0.4) is 0 Å². The number of ether oxygens (including phenoxy) is 2. The second-order valence-electron chi connectivity index (χ2n) is 3.64. The Morgan fingerprint density at radius 2 is 2.11 bits per heavy atom. The van der Waals surface area contributed by atoms with Crippen molar-refractivity contribution in [2.75, 3.05) is 6.61 Å². The van der Waals surface area contributed by atoms with Crippen molar-refractivity contribution in [2.45, 2.75) is 13.5 Å². The third-order valence-electron chi connectivity index (χ3n) is 2.17. The Morgan fingerprint density at radius 3 is 2.84 bits per heavy atom. The lowest BCUT2D eigenvalue weighted by Gasteiger charge is -2.07. The van der Waals surface area contributed by atoms with Gasteiger partial charge >= 0.3 is 0 Å².